The van der Waals surface area contributed by atoms with Gasteiger partial charge in [-0.1, -0.05) is 30.7 Å². The van der Waals surface area contributed by atoms with E-state index in [1.165, 1.54) is 47.1 Å². The van der Waals surface area contributed by atoms with Gasteiger partial charge in [-0.25, -0.2) is 9.20 Å². The van der Waals surface area contributed by atoms with Gasteiger partial charge in [0.15, 0.2) is 0 Å². The smallest absolute Gasteiger partial charge is 0.293 e. The Morgan fingerprint density at radius 3 is 2.58 bits per heavy atom. The molecule has 1 aliphatic rings. The van der Waals surface area contributed by atoms with Crippen molar-refractivity contribution in [2.45, 2.75) is 32.4 Å². The summed E-state index contributed by atoms with van der Waals surface area (Å²) in [5.74, 6) is 0. The number of aromatic nitrogens is 4. The third-order valence-electron chi connectivity index (χ3n) is 4.60. The van der Waals surface area contributed by atoms with Gasteiger partial charge in [-0.3, -0.25) is 9.69 Å². The van der Waals surface area contributed by atoms with E-state index in [1.54, 1.807) is 18.6 Å². The van der Waals surface area contributed by atoms with Gasteiger partial charge in [-0.05, 0) is 43.1 Å². The van der Waals surface area contributed by atoms with Crippen molar-refractivity contribution in [2.24, 2.45) is 0 Å². The van der Waals surface area contributed by atoms with E-state index < -0.39 is 0 Å². The van der Waals surface area contributed by atoms with Crippen molar-refractivity contribution in [2.75, 3.05) is 13.1 Å². The molecule has 1 aromatic carbocycles. The van der Waals surface area contributed by atoms with Gasteiger partial charge in [0.05, 0.1) is 12.7 Å². The maximum absolute atomic E-state index is 12.4. The fourth-order valence-electron chi connectivity index (χ4n) is 3.36. The highest BCUT2D eigenvalue weighted by molar-refractivity contribution is 5.41. The van der Waals surface area contributed by atoms with Crippen LogP contribution in [-0.2, 0) is 13.1 Å². The van der Waals surface area contributed by atoms with Crippen molar-refractivity contribution in [1.29, 1.82) is 0 Å². The van der Waals surface area contributed by atoms with Crippen LogP contribution in [0.2, 0.25) is 0 Å². The Hall–Kier alpha value is -2.47. The van der Waals surface area contributed by atoms with E-state index in [9.17, 15) is 4.79 Å². The molecule has 1 aliphatic heterocycles. The molecule has 24 heavy (non-hydrogen) atoms. The van der Waals surface area contributed by atoms with E-state index in [1.807, 2.05) is 0 Å². The van der Waals surface area contributed by atoms with Gasteiger partial charge in [0.1, 0.15) is 11.8 Å². The van der Waals surface area contributed by atoms with E-state index in [4.69, 9.17) is 0 Å². The van der Waals surface area contributed by atoms with Crippen LogP contribution in [0.4, 0.5) is 0 Å². The molecular weight excluding hydrogens is 302 g/mol. The molecule has 0 spiro atoms. The largest absolute Gasteiger partial charge is 0.299 e. The number of hydrogen-bond donors (Lipinski definition) is 0. The SMILES string of the molecule is O=c1c2ccnn2cnn1Cc1cccc(CN2CCCCC2)c1. The first-order valence-corrected chi connectivity index (χ1v) is 8.49. The molecule has 0 saturated carbocycles. The Kier molecular flexibility index (Phi) is 4.13. The minimum Gasteiger partial charge on any atom is -0.299 e. The van der Waals surface area contributed by atoms with Gasteiger partial charge in [0.25, 0.3) is 5.56 Å². The minimum absolute atomic E-state index is 0.114. The number of piperidine rings is 1. The average Bonchev–Trinajstić information content (AvgIpc) is 3.08. The van der Waals surface area contributed by atoms with E-state index in [2.05, 4.69) is 39.4 Å². The Bertz CT molecular complexity index is 892. The number of likely N-dealkylation sites (tertiary alicyclic amines) is 1. The highest BCUT2D eigenvalue weighted by Crippen LogP contribution is 2.14. The molecule has 0 aliphatic carbocycles. The Balaban J connectivity index is 1.54. The second kappa shape index (κ2) is 6.57. The molecule has 3 aromatic rings. The molecule has 0 atom stereocenters. The van der Waals surface area contributed by atoms with Crippen molar-refractivity contribution < 1.29 is 0 Å². The maximum atomic E-state index is 12.4. The first-order valence-electron chi connectivity index (χ1n) is 8.49. The predicted octanol–water partition coefficient (Wildman–Crippen LogP) is 1.93. The predicted molar refractivity (Wildman–Crippen MR) is 91.9 cm³/mol. The topological polar surface area (TPSA) is 55.4 Å². The van der Waals surface area contributed by atoms with Crippen LogP contribution in [0.5, 0.6) is 0 Å². The molecule has 2 aromatic heterocycles. The van der Waals surface area contributed by atoms with Crippen molar-refractivity contribution >= 4 is 5.52 Å². The van der Waals surface area contributed by atoms with Gasteiger partial charge < -0.3 is 0 Å². The van der Waals surface area contributed by atoms with Crippen molar-refractivity contribution in [3.63, 3.8) is 0 Å². The number of benzene rings is 1. The maximum Gasteiger partial charge on any atom is 0.293 e. The molecule has 0 N–H and O–H groups in total. The minimum atomic E-state index is -0.114. The van der Waals surface area contributed by atoms with Crippen LogP contribution >= 0.6 is 0 Å². The molecule has 0 radical (unpaired) electrons. The summed E-state index contributed by atoms with van der Waals surface area (Å²) in [6, 6.07) is 10.2. The lowest BCUT2D eigenvalue weighted by Gasteiger charge is -2.26. The number of fused-ring (bicyclic) bond motifs is 1. The third kappa shape index (κ3) is 3.10. The van der Waals surface area contributed by atoms with Crippen LogP contribution < -0.4 is 5.56 Å². The van der Waals surface area contributed by atoms with Crippen molar-refractivity contribution in [1.82, 2.24) is 24.3 Å². The first kappa shape index (κ1) is 15.1. The highest BCUT2D eigenvalue weighted by atomic mass is 16.1. The summed E-state index contributed by atoms with van der Waals surface area (Å²) in [6.07, 6.45) is 7.13. The highest BCUT2D eigenvalue weighted by Gasteiger charge is 2.11. The number of rotatable bonds is 4. The molecule has 4 rings (SSSR count). The molecule has 6 nitrogen and oxygen atoms in total. The first-order chi connectivity index (χ1) is 11.8. The molecule has 0 unspecified atom stereocenters. The molecule has 0 bridgehead atoms. The lowest BCUT2D eigenvalue weighted by Crippen LogP contribution is -2.29. The van der Waals surface area contributed by atoms with Crippen molar-refractivity contribution in [3.05, 3.63) is 64.3 Å². The van der Waals surface area contributed by atoms with Gasteiger partial charge in [0.2, 0.25) is 0 Å². The van der Waals surface area contributed by atoms with Crippen LogP contribution in [0.1, 0.15) is 30.4 Å². The summed E-state index contributed by atoms with van der Waals surface area (Å²) in [6.45, 7) is 3.83. The van der Waals surface area contributed by atoms with Gasteiger partial charge in [-0.15, -0.1) is 0 Å². The molecule has 0 amide bonds. The molecular formula is C18H21N5O. The third-order valence-corrected chi connectivity index (χ3v) is 4.60. The lowest BCUT2D eigenvalue weighted by molar-refractivity contribution is 0.221. The number of nitrogens with zero attached hydrogens (tertiary/aromatic N) is 5. The summed E-state index contributed by atoms with van der Waals surface area (Å²) >= 11 is 0. The number of hydrogen-bond acceptors (Lipinski definition) is 4. The van der Waals surface area contributed by atoms with Gasteiger partial charge in [-0.2, -0.15) is 10.2 Å². The van der Waals surface area contributed by atoms with Crippen molar-refractivity contribution in [3.8, 4) is 0 Å². The summed E-state index contributed by atoms with van der Waals surface area (Å²) in [5.41, 5.74) is 2.83. The zero-order chi connectivity index (χ0) is 16.4. The van der Waals surface area contributed by atoms with E-state index in [0.717, 1.165) is 12.1 Å². The standard InChI is InChI=1S/C18H21N5O/c24-18-17-7-8-19-23(17)14-20-22(18)13-16-6-4-5-15(11-16)12-21-9-2-1-3-10-21/h4-8,11,14H,1-3,9-10,12-13H2. The Morgan fingerprint density at radius 1 is 0.958 bits per heavy atom. The van der Waals surface area contributed by atoms with Gasteiger partial charge >= 0.3 is 0 Å². The molecule has 1 fully saturated rings. The van der Waals surface area contributed by atoms with Crippen LogP contribution in [0.25, 0.3) is 5.52 Å². The second-order valence-electron chi connectivity index (χ2n) is 6.41. The van der Waals surface area contributed by atoms with Crippen LogP contribution in [0.15, 0.2) is 47.7 Å². The monoisotopic (exact) mass is 323 g/mol. The van der Waals surface area contributed by atoms with Gasteiger partial charge in [0, 0.05) is 6.54 Å². The molecule has 6 heteroatoms. The van der Waals surface area contributed by atoms with Crippen LogP contribution in [0.3, 0.4) is 0 Å². The van der Waals surface area contributed by atoms with E-state index >= 15 is 0 Å². The Morgan fingerprint density at radius 2 is 1.75 bits per heavy atom. The van der Waals surface area contributed by atoms with Crippen LogP contribution in [-0.4, -0.2) is 37.4 Å². The normalized spacial score (nSPS) is 15.8. The van der Waals surface area contributed by atoms with E-state index in [0.29, 0.717) is 12.1 Å². The quantitative estimate of drug-likeness (QED) is 0.736. The summed E-state index contributed by atoms with van der Waals surface area (Å²) in [7, 11) is 0. The Labute approximate surface area is 140 Å². The average molecular weight is 323 g/mol. The summed E-state index contributed by atoms with van der Waals surface area (Å²) < 4.78 is 3.00. The summed E-state index contributed by atoms with van der Waals surface area (Å²) in [4.78, 5) is 14.9. The van der Waals surface area contributed by atoms with E-state index in [-0.39, 0.29) is 5.56 Å². The van der Waals surface area contributed by atoms with Crippen LogP contribution in [0, 0.1) is 0 Å². The summed E-state index contributed by atoms with van der Waals surface area (Å²) in [5, 5.41) is 8.26. The molecule has 124 valence electrons. The second-order valence-corrected chi connectivity index (χ2v) is 6.41. The fraction of sp³-hybridized carbons (Fsp3) is 0.389. The fourth-order valence-corrected chi connectivity index (χ4v) is 3.36. The zero-order valence-corrected chi connectivity index (χ0v) is 13.6. The molecule has 3 heterocycles. The zero-order valence-electron chi connectivity index (χ0n) is 13.6. The molecule has 1 saturated heterocycles. The lowest BCUT2D eigenvalue weighted by atomic mass is 10.1.